The molecule has 3 heterocycles. The third kappa shape index (κ3) is 9.15. The SMILES string of the molecule is Cn1cc(/C=C/c2nn(COCC[Si](C)(C)C)c3ccc(-c4ccc(CN5CCN(C(=O)OC(C)(C)C)CC5)cc4)cc23)cn1. The molecule has 0 radical (unpaired) electrons. The predicted molar refractivity (Wildman–Crippen MR) is 184 cm³/mol. The van der Waals surface area contributed by atoms with Crippen LogP contribution in [0.4, 0.5) is 4.79 Å². The Morgan fingerprint density at radius 2 is 1.69 bits per heavy atom. The fourth-order valence-electron chi connectivity index (χ4n) is 5.31. The van der Waals surface area contributed by atoms with Crippen LogP contribution in [0.15, 0.2) is 54.9 Å². The van der Waals surface area contributed by atoms with Crippen LogP contribution in [-0.2, 0) is 29.8 Å². The van der Waals surface area contributed by atoms with E-state index in [4.69, 9.17) is 14.6 Å². The van der Waals surface area contributed by atoms with Crippen molar-refractivity contribution in [3.05, 3.63) is 71.7 Å². The van der Waals surface area contributed by atoms with E-state index in [1.54, 1.807) is 4.68 Å². The maximum Gasteiger partial charge on any atom is 0.410 e. The highest BCUT2D eigenvalue weighted by Gasteiger charge is 2.26. The van der Waals surface area contributed by atoms with Gasteiger partial charge in [-0.2, -0.15) is 10.2 Å². The number of ether oxygens (including phenoxy) is 2. The molecule has 9 nitrogen and oxygen atoms in total. The minimum absolute atomic E-state index is 0.223. The van der Waals surface area contributed by atoms with E-state index in [0.29, 0.717) is 19.8 Å². The minimum Gasteiger partial charge on any atom is -0.444 e. The third-order valence-corrected chi connectivity index (χ3v) is 9.57. The molecule has 1 aliphatic heterocycles. The summed E-state index contributed by atoms with van der Waals surface area (Å²) in [6.07, 6.45) is 7.73. The molecule has 0 N–H and O–H groups in total. The first-order chi connectivity index (χ1) is 21.3. The van der Waals surface area contributed by atoms with Gasteiger partial charge in [0.15, 0.2) is 0 Å². The number of rotatable bonds is 10. The molecule has 0 saturated carbocycles. The number of benzene rings is 2. The zero-order valence-corrected chi connectivity index (χ0v) is 28.9. The number of carbonyl (C=O) groups is 1. The second kappa shape index (κ2) is 13.7. The Hall–Kier alpha value is -3.73. The fraction of sp³-hybridized carbons (Fsp3) is 0.457. The van der Waals surface area contributed by atoms with Gasteiger partial charge in [-0.1, -0.05) is 50.0 Å². The number of hydrogen-bond acceptors (Lipinski definition) is 6. The maximum atomic E-state index is 12.4. The largest absolute Gasteiger partial charge is 0.444 e. The first-order valence-corrected chi connectivity index (χ1v) is 19.6. The molecule has 5 rings (SSSR count). The summed E-state index contributed by atoms with van der Waals surface area (Å²) in [6.45, 7) is 17.9. The molecule has 0 unspecified atom stereocenters. The van der Waals surface area contributed by atoms with E-state index < -0.39 is 13.7 Å². The number of aryl methyl sites for hydroxylation is 1. The molecular formula is C35H48N6O3Si. The van der Waals surface area contributed by atoms with Gasteiger partial charge in [0.05, 0.1) is 17.4 Å². The summed E-state index contributed by atoms with van der Waals surface area (Å²) in [6, 6.07) is 16.5. The number of nitrogens with zero attached hydrogens (tertiary/aromatic N) is 6. The van der Waals surface area contributed by atoms with Gasteiger partial charge in [0, 0.05) is 71.6 Å². The van der Waals surface area contributed by atoms with E-state index in [9.17, 15) is 4.79 Å². The van der Waals surface area contributed by atoms with Gasteiger partial charge in [0.1, 0.15) is 12.3 Å². The Morgan fingerprint density at radius 3 is 2.33 bits per heavy atom. The van der Waals surface area contributed by atoms with E-state index in [-0.39, 0.29) is 6.09 Å². The summed E-state index contributed by atoms with van der Waals surface area (Å²) in [5, 5.41) is 10.3. The smallest absolute Gasteiger partial charge is 0.410 e. The van der Waals surface area contributed by atoms with Crippen molar-refractivity contribution in [2.24, 2.45) is 7.05 Å². The first kappa shape index (κ1) is 32.7. The lowest BCUT2D eigenvalue weighted by molar-refractivity contribution is 0.0139. The van der Waals surface area contributed by atoms with Crippen LogP contribution in [0.3, 0.4) is 0 Å². The quantitative estimate of drug-likeness (QED) is 0.139. The fourth-order valence-corrected chi connectivity index (χ4v) is 6.07. The molecule has 10 heteroatoms. The lowest BCUT2D eigenvalue weighted by atomic mass is 10.0. The van der Waals surface area contributed by atoms with E-state index in [2.05, 4.69) is 84.3 Å². The van der Waals surface area contributed by atoms with Gasteiger partial charge in [0.25, 0.3) is 0 Å². The van der Waals surface area contributed by atoms with E-state index in [0.717, 1.165) is 65.6 Å². The van der Waals surface area contributed by atoms with Gasteiger partial charge >= 0.3 is 6.09 Å². The van der Waals surface area contributed by atoms with E-state index in [1.165, 1.54) is 5.56 Å². The normalized spacial score (nSPS) is 15.0. The van der Waals surface area contributed by atoms with Crippen molar-refractivity contribution in [3.8, 4) is 11.1 Å². The second-order valence-electron chi connectivity index (χ2n) is 14.2. The average molecular weight is 629 g/mol. The molecule has 1 aliphatic rings. The van der Waals surface area contributed by atoms with Crippen LogP contribution >= 0.6 is 0 Å². The molecular weight excluding hydrogens is 581 g/mol. The Bertz CT molecular complexity index is 1620. The first-order valence-electron chi connectivity index (χ1n) is 15.9. The van der Waals surface area contributed by atoms with Crippen LogP contribution in [0.5, 0.6) is 0 Å². The average Bonchev–Trinajstić information content (AvgIpc) is 3.56. The number of amides is 1. The van der Waals surface area contributed by atoms with Crippen molar-refractivity contribution >= 4 is 37.2 Å². The lowest BCUT2D eigenvalue weighted by Gasteiger charge is -2.35. The summed E-state index contributed by atoms with van der Waals surface area (Å²) in [5.41, 5.74) is 6.09. The Balaban J connectivity index is 1.28. The molecule has 0 atom stereocenters. The standard InChI is InChI=1S/C35H48N6O3Si/c1-35(2,3)44-34(42)40-18-16-39(17-19-40)25-27-8-11-29(12-9-27)30-13-15-33-31(22-30)32(14-10-28-23-36-38(4)24-28)37-41(33)26-43-20-21-45(5,6)7/h8-15,22-24H,16-21,25-26H2,1-7H3/b14-10+. The molecule has 1 saturated heterocycles. The van der Waals surface area contributed by atoms with Crippen LogP contribution < -0.4 is 0 Å². The zero-order valence-electron chi connectivity index (χ0n) is 27.9. The monoisotopic (exact) mass is 628 g/mol. The van der Waals surface area contributed by atoms with Crippen molar-refractivity contribution in [2.75, 3.05) is 32.8 Å². The van der Waals surface area contributed by atoms with Gasteiger partial charge in [-0.25, -0.2) is 9.48 Å². The molecule has 1 amide bonds. The van der Waals surface area contributed by atoms with E-state index in [1.807, 2.05) is 49.8 Å². The summed E-state index contributed by atoms with van der Waals surface area (Å²) < 4.78 is 15.4. The Labute approximate surface area is 268 Å². The number of piperazine rings is 1. The molecule has 4 aromatic rings. The molecule has 2 aromatic heterocycles. The highest BCUT2D eigenvalue weighted by atomic mass is 28.3. The third-order valence-electron chi connectivity index (χ3n) is 7.86. The maximum absolute atomic E-state index is 12.4. The highest BCUT2D eigenvalue weighted by Crippen LogP contribution is 2.28. The number of hydrogen-bond donors (Lipinski definition) is 0. The van der Waals surface area contributed by atoms with Gasteiger partial charge in [-0.3, -0.25) is 9.58 Å². The topological polar surface area (TPSA) is 77.7 Å². The molecule has 2 aromatic carbocycles. The van der Waals surface area contributed by atoms with Crippen molar-refractivity contribution in [1.82, 2.24) is 29.4 Å². The summed E-state index contributed by atoms with van der Waals surface area (Å²) >= 11 is 0. The van der Waals surface area contributed by atoms with Gasteiger partial charge in [0.2, 0.25) is 0 Å². The summed E-state index contributed by atoms with van der Waals surface area (Å²) in [5.74, 6) is 0. The predicted octanol–water partition coefficient (Wildman–Crippen LogP) is 6.97. The Kier molecular flexibility index (Phi) is 9.96. The number of carbonyl (C=O) groups excluding carboxylic acids is 1. The highest BCUT2D eigenvalue weighted by molar-refractivity contribution is 6.76. The van der Waals surface area contributed by atoms with Gasteiger partial charge in [-0.15, -0.1) is 0 Å². The molecule has 0 bridgehead atoms. The van der Waals surface area contributed by atoms with Crippen LogP contribution in [0.1, 0.15) is 37.6 Å². The van der Waals surface area contributed by atoms with Crippen molar-refractivity contribution in [3.63, 3.8) is 0 Å². The van der Waals surface area contributed by atoms with E-state index >= 15 is 0 Å². The summed E-state index contributed by atoms with van der Waals surface area (Å²) in [7, 11) is 0.757. The molecule has 0 spiro atoms. The molecule has 240 valence electrons. The van der Waals surface area contributed by atoms with Crippen molar-refractivity contribution in [2.45, 2.75) is 65.3 Å². The van der Waals surface area contributed by atoms with Crippen LogP contribution in [0.25, 0.3) is 34.2 Å². The van der Waals surface area contributed by atoms with Crippen LogP contribution in [-0.4, -0.2) is 81.9 Å². The molecule has 45 heavy (non-hydrogen) atoms. The number of fused-ring (bicyclic) bond motifs is 1. The van der Waals surface area contributed by atoms with Gasteiger partial charge < -0.3 is 14.4 Å². The second-order valence-corrected chi connectivity index (χ2v) is 19.8. The van der Waals surface area contributed by atoms with Crippen molar-refractivity contribution < 1.29 is 14.3 Å². The molecule has 1 fully saturated rings. The van der Waals surface area contributed by atoms with Crippen LogP contribution in [0, 0.1) is 0 Å². The Morgan fingerprint density at radius 1 is 0.978 bits per heavy atom. The minimum atomic E-state index is -1.16. The lowest BCUT2D eigenvalue weighted by Crippen LogP contribution is -2.49. The molecule has 0 aliphatic carbocycles. The van der Waals surface area contributed by atoms with Crippen LogP contribution in [0.2, 0.25) is 25.7 Å². The van der Waals surface area contributed by atoms with Gasteiger partial charge in [-0.05, 0) is 67.8 Å². The van der Waals surface area contributed by atoms with Crippen molar-refractivity contribution in [1.29, 1.82) is 0 Å². The number of aromatic nitrogens is 4. The zero-order chi connectivity index (χ0) is 32.2. The summed E-state index contributed by atoms with van der Waals surface area (Å²) in [4.78, 5) is 16.6.